The van der Waals surface area contributed by atoms with Crippen LogP contribution in [0.3, 0.4) is 0 Å². The number of carbonyl (C=O) groups excluding carboxylic acids is 2. The second-order valence-electron chi connectivity index (χ2n) is 4.22. The number of anilines is 1. The van der Waals surface area contributed by atoms with Gasteiger partial charge in [0.05, 0.1) is 10.6 Å². The lowest BCUT2D eigenvalue weighted by Gasteiger charge is -2.20. The van der Waals surface area contributed by atoms with E-state index in [1.54, 1.807) is 17.0 Å². The average molecular weight is 311 g/mol. The van der Waals surface area contributed by atoms with Gasteiger partial charge in [-0.05, 0) is 32.0 Å². The zero-order valence-electron chi connectivity index (χ0n) is 11.3. The number of hydrogen-bond acceptors (Lipinski definition) is 3. The Balaban J connectivity index is 2.25. The van der Waals surface area contributed by atoms with Crippen molar-refractivity contribution in [3.8, 4) is 0 Å². The maximum Gasteiger partial charge on any atom is 0.262 e. The Morgan fingerprint density at radius 3 is 2.75 bits per heavy atom. The number of benzene rings is 1. The molecule has 1 N–H and O–H groups in total. The summed E-state index contributed by atoms with van der Waals surface area (Å²) in [6, 6.07) is 5.29. The van der Waals surface area contributed by atoms with Crippen molar-refractivity contribution in [1.82, 2.24) is 4.90 Å². The summed E-state index contributed by atoms with van der Waals surface area (Å²) in [5, 5.41) is 3.31. The van der Waals surface area contributed by atoms with Crippen LogP contribution in [0.15, 0.2) is 34.1 Å². The van der Waals surface area contributed by atoms with Crippen LogP contribution >= 0.6 is 23.4 Å². The lowest BCUT2D eigenvalue weighted by molar-refractivity contribution is -0.126. The van der Waals surface area contributed by atoms with Gasteiger partial charge in [-0.1, -0.05) is 23.4 Å². The van der Waals surface area contributed by atoms with E-state index in [-0.39, 0.29) is 11.8 Å². The molecule has 0 unspecified atom stereocenters. The highest BCUT2D eigenvalue weighted by atomic mass is 35.5. The van der Waals surface area contributed by atoms with Gasteiger partial charge in [0, 0.05) is 29.1 Å². The molecule has 6 heteroatoms. The Kier molecular flexibility index (Phi) is 4.73. The van der Waals surface area contributed by atoms with E-state index in [1.165, 1.54) is 17.8 Å². The molecule has 106 valence electrons. The first-order chi connectivity index (χ1) is 9.55. The summed E-state index contributed by atoms with van der Waals surface area (Å²) in [5.41, 5.74) is 0.680. The van der Waals surface area contributed by atoms with E-state index >= 15 is 0 Å². The van der Waals surface area contributed by atoms with Crippen LogP contribution in [0.1, 0.15) is 13.8 Å². The Morgan fingerprint density at radius 2 is 2.10 bits per heavy atom. The van der Waals surface area contributed by atoms with E-state index in [1.807, 2.05) is 19.9 Å². The number of likely N-dealkylation sites (N-methyl/N-ethyl adjacent to an activating group) is 1. The van der Waals surface area contributed by atoms with Crippen molar-refractivity contribution >= 4 is 40.9 Å². The topological polar surface area (TPSA) is 49.4 Å². The molecule has 4 nitrogen and oxygen atoms in total. The minimum absolute atomic E-state index is 0.148. The predicted octanol–water partition coefficient (Wildman–Crippen LogP) is 3.14. The summed E-state index contributed by atoms with van der Waals surface area (Å²) in [6.07, 6.45) is 1.39. The van der Waals surface area contributed by atoms with Crippen molar-refractivity contribution in [3.63, 3.8) is 0 Å². The van der Waals surface area contributed by atoms with Gasteiger partial charge >= 0.3 is 0 Å². The van der Waals surface area contributed by atoms with Crippen LogP contribution in [-0.2, 0) is 9.59 Å². The Bertz CT molecular complexity index is 583. The molecule has 2 rings (SSSR count). The molecule has 0 aromatic heterocycles. The highest BCUT2D eigenvalue weighted by Crippen LogP contribution is 2.39. The summed E-state index contributed by atoms with van der Waals surface area (Å²) in [5.74, 6) is -0.421. The van der Waals surface area contributed by atoms with Gasteiger partial charge in [0.25, 0.3) is 5.91 Å². The Hall–Kier alpha value is -1.46. The van der Waals surface area contributed by atoms with Crippen molar-refractivity contribution in [3.05, 3.63) is 34.2 Å². The molecular formula is C14H15ClN2O2S. The van der Waals surface area contributed by atoms with Crippen molar-refractivity contribution in [2.24, 2.45) is 0 Å². The number of amides is 2. The minimum Gasteiger partial charge on any atom is -0.340 e. The fourth-order valence-corrected chi connectivity index (χ4v) is 2.94. The van der Waals surface area contributed by atoms with E-state index in [9.17, 15) is 9.59 Å². The van der Waals surface area contributed by atoms with Crippen molar-refractivity contribution in [2.75, 3.05) is 18.4 Å². The largest absolute Gasteiger partial charge is 0.340 e. The van der Waals surface area contributed by atoms with Gasteiger partial charge in [0.1, 0.15) is 0 Å². The van der Waals surface area contributed by atoms with Crippen LogP contribution in [-0.4, -0.2) is 29.8 Å². The molecule has 20 heavy (non-hydrogen) atoms. The third kappa shape index (κ3) is 3.16. The first kappa shape index (κ1) is 14.9. The monoisotopic (exact) mass is 310 g/mol. The molecule has 0 bridgehead atoms. The normalized spacial score (nSPS) is 15.8. The van der Waals surface area contributed by atoms with E-state index in [0.29, 0.717) is 28.7 Å². The number of fused-ring (bicyclic) bond motifs is 1. The summed E-state index contributed by atoms with van der Waals surface area (Å²) >= 11 is 7.17. The molecule has 0 saturated carbocycles. The molecular weight excluding hydrogens is 296 g/mol. The average Bonchev–Trinajstić information content (AvgIpc) is 2.41. The van der Waals surface area contributed by atoms with Crippen molar-refractivity contribution in [1.29, 1.82) is 0 Å². The van der Waals surface area contributed by atoms with E-state index < -0.39 is 0 Å². The summed E-state index contributed by atoms with van der Waals surface area (Å²) in [4.78, 5) is 27.0. The summed E-state index contributed by atoms with van der Waals surface area (Å²) in [7, 11) is 0. The number of nitrogens with zero attached hydrogens (tertiary/aromatic N) is 1. The number of halogens is 1. The molecule has 2 amide bonds. The smallest absolute Gasteiger partial charge is 0.262 e. The fourth-order valence-electron chi connectivity index (χ4n) is 1.87. The number of rotatable bonds is 3. The van der Waals surface area contributed by atoms with Crippen LogP contribution in [0.25, 0.3) is 0 Å². The van der Waals surface area contributed by atoms with Gasteiger partial charge in [-0.25, -0.2) is 0 Å². The molecule has 1 aliphatic heterocycles. The fraction of sp³-hybridized carbons (Fsp3) is 0.286. The van der Waals surface area contributed by atoms with Crippen molar-refractivity contribution < 1.29 is 9.59 Å². The molecule has 1 aliphatic rings. The van der Waals surface area contributed by atoms with Gasteiger partial charge in [0.2, 0.25) is 5.91 Å². The molecule has 0 spiro atoms. The molecule has 1 heterocycles. The molecule has 1 aromatic rings. The van der Waals surface area contributed by atoms with Gasteiger partial charge in [0.15, 0.2) is 0 Å². The van der Waals surface area contributed by atoms with Crippen LogP contribution in [0.2, 0.25) is 5.02 Å². The van der Waals surface area contributed by atoms with E-state index in [2.05, 4.69) is 5.32 Å². The third-order valence-electron chi connectivity index (χ3n) is 2.96. The maximum absolute atomic E-state index is 12.0. The lowest BCUT2D eigenvalue weighted by atomic mass is 10.3. The summed E-state index contributed by atoms with van der Waals surface area (Å²) in [6.45, 7) is 5.06. The molecule has 1 aromatic carbocycles. The highest BCUT2D eigenvalue weighted by Gasteiger charge is 2.22. The van der Waals surface area contributed by atoms with E-state index in [4.69, 9.17) is 11.6 Å². The number of carbonyl (C=O) groups is 2. The van der Waals surface area contributed by atoms with Gasteiger partial charge in [-0.15, -0.1) is 0 Å². The van der Waals surface area contributed by atoms with Gasteiger partial charge in [-0.3, -0.25) is 9.59 Å². The van der Waals surface area contributed by atoms with Crippen LogP contribution in [0, 0.1) is 0 Å². The minimum atomic E-state index is -0.273. The van der Waals surface area contributed by atoms with Crippen LogP contribution < -0.4 is 5.32 Å². The lowest BCUT2D eigenvalue weighted by Crippen LogP contribution is -2.30. The molecule has 0 aliphatic carbocycles. The third-order valence-corrected chi connectivity index (χ3v) is 4.30. The maximum atomic E-state index is 12.0. The number of thioether (sulfide) groups is 1. The van der Waals surface area contributed by atoms with Crippen molar-refractivity contribution in [2.45, 2.75) is 18.7 Å². The Morgan fingerprint density at radius 1 is 1.40 bits per heavy atom. The molecule has 0 fully saturated rings. The predicted molar refractivity (Wildman–Crippen MR) is 81.9 cm³/mol. The molecule has 0 saturated heterocycles. The second-order valence-corrected chi connectivity index (χ2v) is 5.74. The first-order valence-corrected chi connectivity index (χ1v) is 7.54. The Labute approximate surface area is 127 Å². The standard InChI is InChI=1S/C14H15ClN2O2S/c1-3-17(4-2)13(18)8-12-14(19)16-10-7-9(15)5-6-11(10)20-12/h5-8H,3-4H2,1-2H3,(H,16,19). The van der Waals surface area contributed by atoms with E-state index in [0.717, 1.165) is 4.90 Å². The quantitative estimate of drug-likeness (QED) is 0.873. The van der Waals surface area contributed by atoms with Gasteiger partial charge < -0.3 is 10.2 Å². The van der Waals surface area contributed by atoms with Gasteiger partial charge in [-0.2, -0.15) is 0 Å². The second kappa shape index (κ2) is 6.33. The van der Waals surface area contributed by atoms with Crippen LogP contribution in [0.5, 0.6) is 0 Å². The zero-order valence-corrected chi connectivity index (χ0v) is 12.8. The first-order valence-electron chi connectivity index (χ1n) is 6.34. The summed E-state index contributed by atoms with van der Waals surface area (Å²) < 4.78 is 0. The zero-order chi connectivity index (χ0) is 14.7. The molecule has 0 radical (unpaired) electrons. The number of nitrogens with one attached hydrogen (secondary N) is 1. The SMILES string of the molecule is CCN(CC)C(=O)C=C1Sc2ccc(Cl)cc2NC1=O. The number of hydrogen-bond donors (Lipinski definition) is 1. The highest BCUT2D eigenvalue weighted by molar-refractivity contribution is 8.04. The molecule has 0 atom stereocenters. The van der Waals surface area contributed by atoms with Crippen LogP contribution in [0.4, 0.5) is 5.69 Å².